The van der Waals surface area contributed by atoms with Crippen LogP contribution < -0.4 is 5.32 Å². The topological polar surface area (TPSA) is 27.8 Å². The fraction of sp³-hybridized carbons (Fsp3) is 0.714. The Morgan fingerprint density at radius 3 is 2.19 bits per heavy atom. The van der Waals surface area contributed by atoms with E-state index in [1.807, 2.05) is 6.20 Å². The minimum Gasteiger partial charge on any atom is -0.366 e. The molecular weight excluding hydrogens is 196 g/mol. The average molecular weight is 216 g/mol. The number of hydrogen-bond donors (Lipinski definition) is 2. The third-order valence-corrected chi connectivity index (χ3v) is 5.04. The number of aromatic amines is 1. The number of hydrogen-bond acceptors (Lipinski definition) is 1. The summed E-state index contributed by atoms with van der Waals surface area (Å²) in [5.41, 5.74) is 0.444. The Hall–Kier alpha value is -0.920. The minimum atomic E-state index is 0.444. The molecule has 4 bridgehead atoms. The molecule has 2 nitrogen and oxygen atoms in total. The average Bonchev–Trinajstić information content (AvgIpc) is 2.66. The van der Waals surface area contributed by atoms with Crippen LogP contribution >= 0.6 is 0 Å². The molecule has 2 heteroatoms. The first-order valence-electron chi connectivity index (χ1n) is 6.73. The zero-order valence-electron chi connectivity index (χ0n) is 9.71. The van der Waals surface area contributed by atoms with Crippen LogP contribution in [0, 0.1) is 17.8 Å². The van der Waals surface area contributed by atoms with E-state index in [-0.39, 0.29) is 0 Å². The van der Waals surface area contributed by atoms with Crippen molar-refractivity contribution in [1.29, 1.82) is 0 Å². The van der Waals surface area contributed by atoms with Crippen LogP contribution in [0.2, 0.25) is 0 Å². The van der Waals surface area contributed by atoms with Gasteiger partial charge in [0.1, 0.15) is 5.82 Å². The molecule has 1 aromatic rings. The van der Waals surface area contributed by atoms with Gasteiger partial charge in [-0.1, -0.05) is 0 Å². The normalized spacial score (nSPS) is 44.9. The fourth-order valence-electron chi connectivity index (χ4n) is 4.96. The van der Waals surface area contributed by atoms with Crippen LogP contribution in [0.3, 0.4) is 0 Å². The Balaban J connectivity index is 1.62. The quantitative estimate of drug-likeness (QED) is 0.779. The van der Waals surface area contributed by atoms with E-state index >= 15 is 0 Å². The first kappa shape index (κ1) is 9.15. The summed E-state index contributed by atoms with van der Waals surface area (Å²) >= 11 is 0. The first-order valence-corrected chi connectivity index (χ1v) is 6.73. The molecule has 0 saturated heterocycles. The second kappa shape index (κ2) is 3.06. The molecule has 4 saturated carbocycles. The molecule has 86 valence electrons. The summed E-state index contributed by atoms with van der Waals surface area (Å²) in [6.07, 6.45) is 10.8. The Morgan fingerprint density at radius 1 is 1.06 bits per heavy atom. The second-order valence-electron chi connectivity index (χ2n) is 6.41. The van der Waals surface area contributed by atoms with Crippen LogP contribution in [0.4, 0.5) is 5.82 Å². The lowest BCUT2D eigenvalue weighted by molar-refractivity contribution is 0.0106. The van der Waals surface area contributed by atoms with Gasteiger partial charge in [0.25, 0.3) is 0 Å². The minimum absolute atomic E-state index is 0.444. The molecule has 0 atom stereocenters. The third kappa shape index (κ3) is 1.32. The van der Waals surface area contributed by atoms with Crippen LogP contribution in [0.25, 0.3) is 0 Å². The summed E-state index contributed by atoms with van der Waals surface area (Å²) in [5.74, 6) is 4.29. The maximum Gasteiger partial charge on any atom is 0.103 e. The van der Waals surface area contributed by atoms with E-state index in [1.165, 1.54) is 44.3 Å². The molecule has 0 unspecified atom stereocenters. The number of rotatable bonds is 2. The van der Waals surface area contributed by atoms with Gasteiger partial charge in [0.2, 0.25) is 0 Å². The Bertz CT molecular complexity index is 344. The highest BCUT2D eigenvalue weighted by molar-refractivity contribution is 5.39. The summed E-state index contributed by atoms with van der Waals surface area (Å²) in [6, 6.07) is 4.25. The highest BCUT2D eigenvalue weighted by Crippen LogP contribution is 2.56. The molecule has 2 N–H and O–H groups in total. The maximum atomic E-state index is 3.81. The number of anilines is 1. The van der Waals surface area contributed by atoms with Crippen molar-refractivity contribution >= 4 is 5.82 Å². The van der Waals surface area contributed by atoms with Crippen molar-refractivity contribution in [1.82, 2.24) is 4.98 Å². The standard InChI is InChI=1S/C14H20N2/c1-2-13(15-3-1)16-14-7-10-4-11(8-14)6-12(5-10)9-14/h1-3,10-12,15-16H,4-9H2. The van der Waals surface area contributed by atoms with Crippen molar-refractivity contribution in [2.75, 3.05) is 5.32 Å². The molecule has 16 heavy (non-hydrogen) atoms. The van der Waals surface area contributed by atoms with Gasteiger partial charge in [-0.2, -0.15) is 0 Å². The highest BCUT2D eigenvalue weighted by atomic mass is 15.1. The zero-order valence-corrected chi connectivity index (χ0v) is 9.71. The molecule has 0 amide bonds. The van der Waals surface area contributed by atoms with Gasteiger partial charge in [-0.25, -0.2) is 0 Å². The van der Waals surface area contributed by atoms with Crippen LogP contribution in [-0.4, -0.2) is 10.5 Å². The first-order chi connectivity index (χ1) is 7.81. The van der Waals surface area contributed by atoms with Gasteiger partial charge in [0.05, 0.1) is 0 Å². The van der Waals surface area contributed by atoms with E-state index in [2.05, 4.69) is 22.4 Å². The molecule has 0 spiro atoms. The van der Waals surface area contributed by atoms with Gasteiger partial charge in [-0.05, 0) is 68.4 Å². The molecule has 4 fully saturated rings. The largest absolute Gasteiger partial charge is 0.366 e. The maximum absolute atomic E-state index is 3.81. The molecule has 0 aromatic carbocycles. The molecule has 1 aromatic heterocycles. The van der Waals surface area contributed by atoms with Gasteiger partial charge in [-0.3, -0.25) is 0 Å². The molecule has 0 radical (unpaired) electrons. The smallest absolute Gasteiger partial charge is 0.103 e. The molecule has 1 heterocycles. The number of H-pyrrole nitrogens is 1. The Morgan fingerprint density at radius 2 is 1.69 bits per heavy atom. The molecule has 0 aliphatic heterocycles. The van der Waals surface area contributed by atoms with Crippen LogP contribution in [0.5, 0.6) is 0 Å². The Kier molecular flexibility index (Phi) is 1.75. The predicted octanol–water partition coefficient (Wildman–Crippen LogP) is 3.40. The fourth-order valence-corrected chi connectivity index (χ4v) is 4.96. The van der Waals surface area contributed by atoms with Gasteiger partial charge >= 0.3 is 0 Å². The van der Waals surface area contributed by atoms with Crippen molar-refractivity contribution in [2.45, 2.75) is 44.1 Å². The van der Waals surface area contributed by atoms with Crippen LogP contribution in [0.15, 0.2) is 18.3 Å². The number of nitrogens with one attached hydrogen (secondary N) is 2. The molecule has 4 aliphatic carbocycles. The van der Waals surface area contributed by atoms with E-state index in [0.29, 0.717) is 5.54 Å². The van der Waals surface area contributed by atoms with Crippen molar-refractivity contribution in [3.63, 3.8) is 0 Å². The lowest BCUT2D eigenvalue weighted by Crippen LogP contribution is -2.54. The van der Waals surface area contributed by atoms with E-state index in [0.717, 1.165) is 17.8 Å². The third-order valence-electron chi connectivity index (χ3n) is 5.04. The summed E-state index contributed by atoms with van der Waals surface area (Å²) < 4.78 is 0. The molecule has 4 aliphatic rings. The van der Waals surface area contributed by atoms with Gasteiger partial charge in [-0.15, -0.1) is 0 Å². The predicted molar refractivity (Wildman–Crippen MR) is 65.3 cm³/mol. The monoisotopic (exact) mass is 216 g/mol. The van der Waals surface area contributed by atoms with Gasteiger partial charge in [0.15, 0.2) is 0 Å². The molecule has 5 rings (SSSR count). The SMILES string of the molecule is c1c[nH]c(NC23CC4CC(CC(C4)C2)C3)c1. The van der Waals surface area contributed by atoms with E-state index in [1.54, 1.807) is 0 Å². The second-order valence-corrected chi connectivity index (χ2v) is 6.41. The summed E-state index contributed by atoms with van der Waals surface area (Å²) in [6.45, 7) is 0. The number of aromatic nitrogens is 1. The lowest BCUT2D eigenvalue weighted by Gasteiger charge is -2.57. The Labute approximate surface area is 96.8 Å². The van der Waals surface area contributed by atoms with Crippen molar-refractivity contribution in [3.8, 4) is 0 Å². The van der Waals surface area contributed by atoms with Crippen molar-refractivity contribution < 1.29 is 0 Å². The van der Waals surface area contributed by atoms with E-state index in [4.69, 9.17) is 0 Å². The highest BCUT2D eigenvalue weighted by Gasteiger charge is 2.50. The lowest BCUT2D eigenvalue weighted by atomic mass is 9.53. The van der Waals surface area contributed by atoms with Crippen LogP contribution in [0.1, 0.15) is 38.5 Å². The molecular formula is C14H20N2. The zero-order chi connectivity index (χ0) is 10.6. The van der Waals surface area contributed by atoms with E-state index in [9.17, 15) is 0 Å². The van der Waals surface area contributed by atoms with Gasteiger partial charge < -0.3 is 10.3 Å². The van der Waals surface area contributed by atoms with E-state index < -0.39 is 0 Å². The summed E-state index contributed by atoms with van der Waals surface area (Å²) in [7, 11) is 0. The van der Waals surface area contributed by atoms with Crippen molar-refractivity contribution in [3.05, 3.63) is 18.3 Å². The summed E-state index contributed by atoms with van der Waals surface area (Å²) in [4.78, 5) is 3.30. The van der Waals surface area contributed by atoms with Crippen LogP contribution in [-0.2, 0) is 0 Å². The van der Waals surface area contributed by atoms with Gasteiger partial charge in [0, 0.05) is 11.7 Å². The summed E-state index contributed by atoms with van der Waals surface area (Å²) in [5, 5.41) is 3.81. The van der Waals surface area contributed by atoms with Crippen molar-refractivity contribution in [2.24, 2.45) is 17.8 Å².